The van der Waals surface area contributed by atoms with Crippen molar-refractivity contribution in [1.82, 2.24) is 9.97 Å². The first-order valence-corrected chi connectivity index (χ1v) is 9.33. The van der Waals surface area contributed by atoms with Crippen LogP contribution in [0.2, 0.25) is 0 Å². The highest BCUT2D eigenvalue weighted by atomic mass is 19.1. The molecule has 0 aliphatic carbocycles. The average Bonchev–Trinajstić information content (AvgIpc) is 2.70. The van der Waals surface area contributed by atoms with E-state index in [-0.39, 0.29) is 5.82 Å². The average molecular weight is 380 g/mol. The van der Waals surface area contributed by atoms with Gasteiger partial charge in [-0.05, 0) is 55.2 Å². The summed E-state index contributed by atoms with van der Waals surface area (Å²) in [7, 11) is 1.66. The molecular weight excluding hydrogens is 355 g/mol. The van der Waals surface area contributed by atoms with Crippen LogP contribution in [0.3, 0.4) is 0 Å². The first-order valence-electron chi connectivity index (χ1n) is 9.33. The SMILES string of the molecule is COc1ccc(CCNc2nc(C)cc(NCCc3ccc(F)cc3)n2)cc1. The molecule has 0 bridgehead atoms. The van der Waals surface area contributed by atoms with Gasteiger partial charge in [0.2, 0.25) is 5.95 Å². The van der Waals surface area contributed by atoms with Gasteiger partial charge >= 0.3 is 0 Å². The lowest BCUT2D eigenvalue weighted by Gasteiger charge is -2.10. The fraction of sp³-hybridized carbons (Fsp3) is 0.273. The van der Waals surface area contributed by atoms with Crippen molar-refractivity contribution in [2.45, 2.75) is 19.8 Å². The fourth-order valence-electron chi connectivity index (χ4n) is 2.83. The zero-order valence-corrected chi connectivity index (χ0v) is 16.2. The number of hydrogen-bond donors (Lipinski definition) is 2. The van der Waals surface area contributed by atoms with E-state index in [2.05, 4.69) is 32.7 Å². The summed E-state index contributed by atoms with van der Waals surface area (Å²) in [6, 6.07) is 16.5. The van der Waals surface area contributed by atoms with Gasteiger partial charge in [0.1, 0.15) is 17.4 Å². The van der Waals surface area contributed by atoms with E-state index in [0.717, 1.165) is 42.2 Å². The van der Waals surface area contributed by atoms with Crippen LogP contribution in [0.15, 0.2) is 54.6 Å². The molecule has 0 aliphatic heterocycles. The smallest absolute Gasteiger partial charge is 0.224 e. The Labute approximate surface area is 165 Å². The number of hydrogen-bond acceptors (Lipinski definition) is 5. The second-order valence-corrected chi connectivity index (χ2v) is 6.55. The van der Waals surface area contributed by atoms with Gasteiger partial charge in [0, 0.05) is 24.8 Å². The van der Waals surface area contributed by atoms with Crippen molar-refractivity contribution >= 4 is 11.8 Å². The standard InChI is InChI=1S/C22H25FN4O/c1-16-15-21(24-13-11-17-3-7-19(23)8-4-17)27-22(26-16)25-14-12-18-5-9-20(28-2)10-6-18/h3-10,15H,11-14H2,1-2H3,(H2,24,25,26,27). The Morgan fingerprint density at radius 3 is 2.11 bits per heavy atom. The van der Waals surface area contributed by atoms with Crippen molar-refractivity contribution < 1.29 is 9.13 Å². The third-order valence-corrected chi connectivity index (χ3v) is 4.34. The summed E-state index contributed by atoms with van der Waals surface area (Å²) in [6.45, 7) is 3.40. The first-order chi connectivity index (χ1) is 13.6. The van der Waals surface area contributed by atoms with E-state index in [1.165, 1.54) is 17.7 Å². The van der Waals surface area contributed by atoms with E-state index in [1.54, 1.807) is 19.2 Å². The van der Waals surface area contributed by atoms with Crippen LogP contribution in [0, 0.1) is 12.7 Å². The topological polar surface area (TPSA) is 59.1 Å². The van der Waals surface area contributed by atoms with Crippen LogP contribution in [0.4, 0.5) is 16.2 Å². The van der Waals surface area contributed by atoms with Gasteiger partial charge < -0.3 is 15.4 Å². The van der Waals surface area contributed by atoms with Crippen LogP contribution in [0.25, 0.3) is 0 Å². The fourth-order valence-corrected chi connectivity index (χ4v) is 2.83. The summed E-state index contributed by atoms with van der Waals surface area (Å²) in [4.78, 5) is 8.97. The lowest BCUT2D eigenvalue weighted by atomic mass is 10.1. The second kappa shape index (κ2) is 9.69. The molecule has 0 atom stereocenters. The largest absolute Gasteiger partial charge is 0.497 e. The molecule has 0 radical (unpaired) electrons. The van der Waals surface area contributed by atoms with Crippen molar-refractivity contribution in [2.24, 2.45) is 0 Å². The van der Waals surface area contributed by atoms with Crippen molar-refractivity contribution in [3.8, 4) is 5.75 Å². The Morgan fingerprint density at radius 1 is 0.857 bits per heavy atom. The number of methoxy groups -OCH3 is 1. The highest BCUT2D eigenvalue weighted by molar-refractivity contribution is 5.42. The Balaban J connectivity index is 1.49. The summed E-state index contributed by atoms with van der Waals surface area (Å²) in [5.41, 5.74) is 3.20. The van der Waals surface area contributed by atoms with Gasteiger partial charge in [-0.3, -0.25) is 0 Å². The summed E-state index contributed by atoms with van der Waals surface area (Å²) >= 11 is 0. The summed E-state index contributed by atoms with van der Waals surface area (Å²) < 4.78 is 18.1. The number of aromatic nitrogens is 2. The molecule has 0 spiro atoms. The van der Waals surface area contributed by atoms with Gasteiger partial charge in [-0.2, -0.15) is 4.98 Å². The van der Waals surface area contributed by atoms with Gasteiger partial charge in [-0.15, -0.1) is 0 Å². The third-order valence-electron chi connectivity index (χ3n) is 4.34. The highest BCUT2D eigenvalue weighted by Crippen LogP contribution is 2.13. The Morgan fingerprint density at radius 2 is 1.46 bits per heavy atom. The molecule has 28 heavy (non-hydrogen) atoms. The second-order valence-electron chi connectivity index (χ2n) is 6.55. The molecule has 3 rings (SSSR count). The molecule has 0 saturated carbocycles. The zero-order chi connectivity index (χ0) is 19.8. The minimum atomic E-state index is -0.214. The monoisotopic (exact) mass is 380 g/mol. The first kappa shape index (κ1) is 19.6. The van der Waals surface area contributed by atoms with E-state index in [1.807, 2.05) is 25.1 Å². The van der Waals surface area contributed by atoms with Crippen molar-refractivity contribution in [1.29, 1.82) is 0 Å². The van der Waals surface area contributed by atoms with Crippen LogP contribution >= 0.6 is 0 Å². The maximum Gasteiger partial charge on any atom is 0.224 e. The molecule has 0 aliphatic rings. The molecule has 6 heteroatoms. The minimum Gasteiger partial charge on any atom is -0.497 e. The van der Waals surface area contributed by atoms with Crippen LogP contribution in [0.5, 0.6) is 5.75 Å². The summed E-state index contributed by atoms with van der Waals surface area (Å²) in [5, 5.41) is 6.59. The predicted octanol–water partition coefficient (Wildman–Crippen LogP) is 4.24. The van der Waals surface area contributed by atoms with E-state index in [9.17, 15) is 4.39 Å². The van der Waals surface area contributed by atoms with E-state index in [4.69, 9.17) is 4.74 Å². The number of ether oxygens (including phenoxy) is 1. The predicted molar refractivity (Wildman–Crippen MR) is 111 cm³/mol. The molecule has 1 aromatic heterocycles. The zero-order valence-electron chi connectivity index (χ0n) is 16.2. The number of nitrogens with one attached hydrogen (secondary N) is 2. The summed E-state index contributed by atoms with van der Waals surface area (Å²) in [6.07, 6.45) is 1.66. The van der Waals surface area contributed by atoms with Gasteiger partial charge in [0.25, 0.3) is 0 Å². The molecule has 2 N–H and O–H groups in total. The van der Waals surface area contributed by atoms with Crippen LogP contribution in [0.1, 0.15) is 16.8 Å². The Kier molecular flexibility index (Phi) is 6.78. The lowest BCUT2D eigenvalue weighted by Crippen LogP contribution is -2.12. The van der Waals surface area contributed by atoms with Crippen molar-refractivity contribution in [3.63, 3.8) is 0 Å². The van der Waals surface area contributed by atoms with Gasteiger partial charge in [0.05, 0.1) is 7.11 Å². The molecule has 0 fully saturated rings. The molecule has 146 valence electrons. The van der Waals surface area contributed by atoms with E-state index < -0.39 is 0 Å². The molecule has 2 aromatic carbocycles. The number of nitrogens with zero attached hydrogens (tertiary/aromatic N) is 2. The molecule has 0 unspecified atom stereocenters. The molecule has 3 aromatic rings. The van der Waals surface area contributed by atoms with E-state index >= 15 is 0 Å². The molecule has 0 saturated heterocycles. The van der Waals surface area contributed by atoms with Crippen LogP contribution < -0.4 is 15.4 Å². The van der Waals surface area contributed by atoms with E-state index in [0.29, 0.717) is 12.5 Å². The quantitative estimate of drug-likeness (QED) is 0.581. The molecular formula is C22H25FN4O. The third kappa shape index (κ3) is 5.94. The van der Waals surface area contributed by atoms with Crippen LogP contribution in [-0.2, 0) is 12.8 Å². The number of halogens is 1. The molecule has 0 amide bonds. The number of rotatable bonds is 9. The molecule has 5 nitrogen and oxygen atoms in total. The highest BCUT2D eigenvalue weighted by Gasteiger charge is 2.03. The number of benzene rings is 2. The van der Waals surface area contributed by atoms with Crippen LogP contribution in [-0.4, -0.2) is 30.2 Å². The summed E-state index contributed by atoms with van der Waals surface area (Å²) in [5.74, 6) is 2.03. The number of anilines is 2. The Bertz CT molecular complexity index is 882. The van der Waals surface area contributed by atoms with Crippen molar-refractivity contribution in [3.05, 3.63) is 77.2 Å². The van der Waals surface area contributed by atoms with Gasteiger partial charge in [-0.1, -0.05) is 24.3 Å². The van der Waals surface area contributed by atoms with Crippen molar-refractivity contribution in [2.75, 3.05) is 30.8 Å². The lowest BCUT2D eigenvalue weighted by molar-refractivity contribution is 0.414. The maximum absolute atomic E-state index is 13.0. The minimum absolute atomic E-state index is 0.214. The number of aryl methyl sites for hydroxylation is 1. The maximum atomic E-state index is 13.0. The molecule has 1 heterocycles. The van der Waals surface area contributed by atoms with Gasteiger partial charge in [0.15, 0.2) is 0 Å². The Hall–Kier alpha value is -3.15. The normalized spacial score (nSPS) is 10.5. The van der Waals surface area contributed by atoms with Gasteiger partial charge in [-0.25, -0.2) is 9.37 Å².